The highest BCUT2D eigenvalue weighted by Gasteiger charge is 2.22. The van der Waals surface area contributed by atoms with Gasteiger partial charge in [-0.15, -0.1) is 6.42 Å². The number of hydrogen-bond donors (Lipinski definition) is 1. The number of β-amino-alcohol motifs (C(OH)–C–C–N with tert-alkyl or cyclic N) is 1. The third-order valence-electron chi connectivity index (χ3n) is 13.3. The van der Waals surface area contributed by atoms with E-state index in [9.17, 15) is 5.11 Å². The number of piperazine rings is 1. The maximum atomic E-state index is 9.45. The fourth-order valence-electron chi connectivity index (χ4n) is 8.85. The van der Waals surface area contributed by atoms with Gasteiger partial charge in [-0.1, -0.05) is 173 Å². The smallest absolute Gasteiger partial charge is 0.0792 e. The van der Waals surface area contributed by atoms with Gasteiger partial charge in [0.2, 0.25) is 0 Å². The number of hydrogen-bond acceptors (Lipinski definition) is 6. The van der Waals surface area contributed by atoms with Crippen molar-refractivity contribution in [2.24, 2.45) is 33.7 Å². The zero-order chi connectivity index (χ0) is 52.3. The Bertz CT molecular complexity index is 1920. The van der Waals surface area contributed by atoms with Crippen LogP contribution in [-0.2, 0) is 6.42 Å². The summed E-state index contributed by atoms with van der Waals surface area (Å²) in [5.41, 5.74) is 12.7. The lowest BCUT2D eigenvalue weighted by atomic mass is 9.85. The van der Waals surface area contributed by atoms with Gasteiger partial charge in [0, 0.05) is 75.2 Å². The lowest BCUT2D eigenvalue weighted by Gasteiger charge is -2.37. The summed E-state index contributed by atoms with van der Waals surface area (Å²) in [5, 5.41) is 9.45. The van der Waals surface area contributed by atoms with Crippen molar-refractivity contribution in [3.63, 3.8) is 0 Å². The van der Waals surface area contributed by atoms with Crippen LogP contribution in [0.1, 0.15) is 166 Å². The number of nitrogens with zero attached hydrogens (tertiary/aromatic N) is 5. The highest BCUT2D eigenvalue weighted by Crippen LogP contribution is 2.28. The lowest BCUT2D eigenvalue weighted by molar-refractivity contribution is 0.131. The van der Waals surface area contributed by atoms with E-state index < -0.39 is 0 Å². The van der Waals surface area contributed by atoms with Gasteiger partial charge in [-0.3, -0.25) is 14.9 Å². The number of aryl methyl sites for hydroxylation is 1. The van der Waals surface area contributed by atoms with Gasteiger partial charge in [-0.05, 0) is 125 Å². The molecule has 2 heterocycles. The molecule has 0 spiro atoms. The minimum Gasteiger partial charge on any atom is -0.395 e. The SMILES string of the molecule is C#C\C=C/C(=C\CC)C1=N/C(C)=C(\c2cccc(CCCCCCCC(C)CC(C)C(=C)N(C)C)c2)C(C)=NC/C(N2CCN(CCO)CC2)=C\1.C=C(C)C(C)C(C)CC(/C=C\C)=C/C.CC.CC. The number of rotatable bonds is 24. The summed E-state index contributed by atoms with van der Waals surface area (Å²) in [6.07, 6.45) is 32.4. The van der Waals surface area contributed by atoms with Crippen molar-refractivity contribution >= 4 is 17.0 Å². The number of terminal acetylenes is 1. The maximum Gasteiger partial charge on any atom is 0.0792 e. The molecule has 1 fully saturated rings. The van der Waals surface area contributed by atoms with Crippen LogP contribution in [0.4, 0.5) is 0 Å². The van der Waals surface area contributed by atoms with E-state index in [-0.39, 0.29) is 6.61 Å². The molecule has 0 amide bonds. The van der Waals surface area contributed by atoms with Crippen molar-refractivity contribution < 1.29 is 5.11 Å². The van der Waals surface area contributed by atoms with E-state index in [0.29, 0.717) is 24.3 Å². The molecule has 3 rings (SSSR count). The molecule has 4 atom stereocenters. The molecule has 0 bridgehead atoms. The monoisotopic (exact) mass is 946 g/mol. The van der Waals surface area contributed by atoms with Crippen LogP contribution in [0.25, 0.3) is 5.57 Å². The molecular weight excluding hydrogens is 843 g/mol. The van der Waals surface area contributed by atoms with Crippen LogP contribution in [0.2, 0.25) is 0 Å². The average molecular weight is 947 g/mol. The molecule has 0 aromatic heterocycles. The third-order valence-corrected chi connectivity index (χ3v) is 13.3. The molecule has 1 N–H and O–H groups in total. The van der Waals surface area contributed by atoms with Crippen LogP contribution in [0, 0.1) is 36.0 Å². The molecule has 4 unspecified atom stereocenters. The van der Waals surface area contributed by atoms with Gasteiger partial charge in [0.15, 0.2) is 0 Å². The van der Waals surface area contributed by atoms with Gasteiger partial charge >= 0.3 is 0 Å². The standard InChI is InChI=1S/C45H67N5O.C14H24.2C2H6/c1-10-12-23-41(19-11-2)44-33-43(50-27-25-49(26-28-50)29-30-51)34-46-37(5)45(38(6)47-44)42-24-18-22-40(32-42)21-17-15-13-14-16-20-35(3)31-36(4)39(7)48(8)9;1-7-9-14(8-2)10-12(5)13(6)11(3)4;2*1-2/h1,12,18-19,22-24,32-33,35-36,51H,7,11,13-17,20-21,25-31,34H2,2-6,8-9H3;7-9,12-13H,3,10H2,1-2,4-6H3;2*1-2H3/b23-12-,41-19+,43-33+,45-38-,46-37?,47-44+;9-7-,14-8+;;. The first-order valence-corrected chi connectivity index (χ1v) is 26.9. The van der Waals surface area contributed by atoms with E-state index in [2.05, 4.69) is 172 Å². The van der Waals surface area contributed by atoms with Gasteiger partial charge in [-0.25, -0.2) is 0 Å². The third kappa shape index (κ3) is 25.3. The van der Waals surface area contributed by atoms with E-state index in [4.69, 9.17) is 16.4 Å². The Hall–Kier alpha value is -4.44. The highest BCUT2D eigenvalue weighted by atomic mass is 16.3. The molecule has 0 radical (unpaired) electrons. The zero-order valence-electron chi connectivity index (χ0n) is 47.4. The van der Waals surface area contributed by atoms with Gasteiger partial charge in [0.1, 0.15) is 0 Å². The molecular formula is C63H103N5O. The van der Waals surface area contributed by atoms with Crippen molar-refractivity contribution in [1.29, 1.82) is 0 Å². The molecule has 386 valence electrons. The summed E-state index contributed by atoms with van der Waals surface area (Å²) in [5.74, 6) is 5.23. The number of unbranched alkanes of at least 4 members (excludes halogenated alkanes) is 4. The first-order valence-electron chi connectivity index (χ1n) is 26.9. The van der Waals surface area contributed by atoms with Gasteiger partial charge in [0.05, 0.1) is 18.9 Å². The van der Waals surface area contributed by atoms with E-state index in [1.54, 1.807) is 6.08 Å². The second-order valence-electron chi connectivity index (χ2n) is 18.9. The Labute approximate surface area is 427 Å². The summed E-state index contributed by atoms with van der Waals surface area (Å²) in [7, 11) is 4.19. The van der Waals surface area contributed by atoms with E-state index in [1.165, 1.54) is 72.9 Å². The van der Waals surface area contributed by atoms with E-state index in [1.807, 2.05) is 33.8 Å². The second-order valence-corrected chi connectivity index (χ2v) is 18.9. The predicted octanol–water partition coefficient (Wildman–Crippen LogP) is 15.8. The average Bonchev–Trinajstić information content (AvgIpc) is 3.40. The summed E-state index contributed by atoms with van der Waals surface area (Å²) in [4.78, 5) is 17.4. The summed E-state index contributed by atoms with van der Waals surface area (Å²) < 4.78 is 0. The molecule has 1 saturated heterocycles. The molecule has 0 saturated carbocycles. The van der Waals surface area contributed by atoms with Gasteiger partial charge in [-0.2, -0.15) is 0 Å². The Kier molecular flexibility index (Phi) is 35.9. The number of aliphatic imine (C=N–C) groups is 2. The molecule has 6 nitrogen and oxygen atoms in total. The van der Waals surface area contributed by atoms with Crippen molar-refractivity contribution in [3.8, 4) is 12.3 Å². The Morgan fingerprint density at radius 2 is 1.59 bits per heavy atom. The van der Waals surface area contributed by atoms with Gasteiger partial charge < -0.3 is 14.9 Å². The Morgan fingerprint density at radius 1 is 0.942 bits per heavy atom. The summed E-state index contributed by atoms with van der Waals surface area (Å²) in [6.45, 7) is 43.3. The zero-order valence-corrected chi connectivity index (χ0v) is 47.4. The molecule has 2 aliphatic rings. The van der Waals surface area contributed by atoms with Crippen LogP contribution >= 0.6 is 0 Å². The molecule has 69 heavy (non-hydrogen) atoms. The minimum atomic E-state index is 0.193. The maximum absolute atomic E-state index is 9.45. The molecule has 6 heteroatoms. The van der Waals surface area contributed by atoms with Crippen molar-refractivity contribution in [1.82, 2.24) is 14.7 Å². The topological polar surface area (TPSA) is 54.7 Å². The largest absolute Gasteiger partial charge is 0.395 e. The normalized spacial score (nSPS) is 19.2. The second kappa shape index (κ2) is 38.3. The fraction of sp³-hybridized carbons (Fsp3) is 0.587. The van der Waals surface area contributed by atoms with Crippen molar-refractivity contribution in [3.05, 3.63) is 125 Å². The fourth-order valence-corrected chi connectivity index (χ4v) is 8.85. The Balaban J connectivity index is 0.00000218. The minimum absolute atomic E-state index is 0.193. The summed E-state index contributed by atoms with van der Waals surface area (Å²) in [6, 6.07) is 9.02. The Morgan fingerprint density at radius 3 is 2.17 bits per heavy atom. The number of aliphatic hydroxyl groups is 1. The lowest BCUT2D eigenvalue weighted by Crippen LogP contribution is -2.47. The van der Waals surface area contributed by atoms with Crippen LogP contribution in [0.5, 0.6) is 0 Å². The van der Waals surface area contributed by atoms with Crippen LogP contribution in [0.3, 0.4) is 0 Å². The number of benzene rings is 1. The quantitative estimate of drug-likeness (QED) is 0.0486. The predicted molar refractivity (Wildman–Crippen MR) is 310 cm³/mol. The van der Waals surface area contributed by atoms with Crippen molar-refractivity contribution in [2.75, 3.05) is 60.0 Å². The summed E-state index contributed by atoms with van der Waals surface area (Å²) >= 11 is 0. The number of aliphatic hydroxyl groups excluding tert-OH is 1. The number of allylic oxidation sites excluding steroid dienone is 13. The van der Waals surface area contributed by atoms with Crippen LogP contribution < -0.4 is 0 Å². The molecule has 1 aromatic rings. The van der Waals surface area contributed by atoms with Crippen molar-refractivity contribution in [2.45, 2.75) is 161 Å². The van der Waals surface area contributed by atoms with E-state index in [0.717, 1.165) is 91.9 Å². The molecule has 1 aromatic carbocycles. The molecule has 0 aliphatic carbocycles. The highest BCUT2D eigenvalue weighted by molar-refractivity contribution is 6.24. The molecule has 2 aliphatic heterocycles. The first-order chi connectivity index (χ1) is 33.1. The first kappa shape index (κ1) is 64.6. The van der Waals surface area contributed by atoms with Crippen LogP contribution in [0.15, 0.2) is 124 Å². The van der Waals surface area contributed by atoms with Gasteiger partial charge in [0.25, 0.3) is 0 Å². The van der Waals surface area contributed by atoms with Crippen LogP contribution in [-0.4, -0.2) is 91.2 Å². The van der Waals surface area contributed by atoms with E-state index >= 15 is 0 Å².